The van der Waals surface area contributed by atoms with Gasteiger partial charge in [-0.15, -0.1) is 11.3 Å². The Morgan fingerprint density at radius 3 is 2.56 bits per heavy atom. The van der Waals surface area contributed by atoms with E-state index >= 15 is 0 Å². The van der Waals surface area contributed by atoms with Crippen LogP contribution in [0.5, 0.6) is 5.75 Å². The van der Waals surface area contributed by atoms with Crippen molar-refractivity contribution in [3.63, 3.8) is 0 Å². The van der Waals surface area contributed by atoms with Crippen molar-refractivity contribution in [1.29, 1.82) is 5.26 Å². The number of aromatic amines is 1. The van der Waals surface area contributed by atoms with Crippen LogP contribution in [0.2, 0.25) is 0 Å². The van der Waals surface area contributed by atoms with Crippen LogP contribution in [0, 0.1) is 11.3 Å². The van der Waals surface area contributed by atoms with Crippen molar-refractivity contribution in [2.45, 2.75) is 26.4 Å². The summed E-state index contributed by atoms with van der Waals surface area (Å²) in [6.45, 7) is 2.42. The topological polar surface area (TPSA) is 138 Å². The Bertz CT molecular complexity index is 1690. The second-order valence-corrected chi connectivity index (χ2v) is 10.6. The summed E-state index contributed by atoms with van der Waals surface area (Å²) in [6, 6.07) is 11.8. The molecule has 208 valence electrons. The maximum atomic E-state index is 13.5. The van der Waals surface area contributed by atoms with Crippen molar-refractivity contribution in [3.05, 3.63) is 70.5 Å². The average Bonchev–Trinajstić information content (AvgIpc) is 3.65. The van der Waals surface area contributed by atoms with E-state index in [0.717, 1.165) is 16.0 Å². The SMILES string of the molecule is COc1cnc(-c2ncc(COCC(C)=O)s2)c2[nH]cc(C(=O)C(=O)N3CCC(=C(C#N)c4ccccc4)CC3)c12. The number of amides is 1. The maximum absolute atomic E-state index is 13.5. The third kappa shape index (κ3) is 5.79. The van der Waals surface area contributed by atoms with E-state index in [-0.39, 0.29) is 24.6 Å². The minimum Gasteiger partial charge on any atom is -0.494 e. The largest absolute Gasteiger partial charge is 0.494 e. The van der Waals surface area contributed by atoms with Gasteiger partial charge >= 0.3 is 0 Å². The summed E-state index contributed by atoms with van der Waals surface area (Å²) in [5, 5.41) is 10.8. The van der Waals surface area contributed by atoms with E-state index < -0.39 is 11.7 Å². The summed E-state index contributed by atoms with van der Waals surface area (Å²) < 4.78 is 10.9. The van der Waals surface area contributed by atoms with E-state index in [9.17, 15) is 19.6 Å². The third-order valence-corrected chi connectivity index (χ3v) is 7.80. The molecule has 1 saturated heterocycles. The van der Waals surface area contributed by atoms with Crippen molar-refractivity contribution in [3.8, 4) is 22.5 Å². The number of nitrogens with zero attached hydrogens (tertiary/aromatic N) is 4. The molecular formula is C30H27N5O5S. The molecule has 4 heterocycles. The number of rotatable bonds is 9. The average molecular weight is 570 g/mol. The Morgan fingerprint density at radius 1 is 1.12 bits per heavy atom. The molecule has 11 heteroatoms. The van der Waals surface area contributed by atoms with Gasteiger partial charge in [-0.2, -0.15) is 5.26 Å². The number of carbonyl (C=O) groups is 3. The molecule has 4 aromatic rings. The number of carbonyl (C=O) groups excluding carboxylic acids is 3. The zero-order valence-corrected chi connectivity index (χ0v) is 23.4. The number of nitrogens with one attached hydrogen (secondary N) is 1. The Balaban J connectivity index is 1.37. The number of Topliss-reactive ketones (excluding diaryl/α,β-unsaturated/α-hetero) is 2. The first-order valence-electron chi connectivity index (χ1n) is 13.0. The number of allylic oxidation sites excluding steroid dienone is 1. The fraction of sp³-hybridized carbons (Fsp3) is 0.267. The van der Waals surface area contributed by atoms with Gasteiger partial charge in [0, 0.05) is 25.5 Å². The van der Waals surface area contributed by atoms with Gasteiger partial charge in [0.15, 0.2) is 5.78 Å². The molecule has 0 atom stereocenters. The summed E-state index contributed by atoms with van der Waals surface area (Å²) in [5.41, 5.74) is 3.68. The monoisotopic (exact) mass is 569 g/mol. The van der Waals surface area contributed by atoms with E-state index in [1.807, 2.05) is 30.3 Å². The quantitative estimate of drug-likeness (QED) is 0.176. The van der Waals surface area contributed by atoms with E-state index in [1.165, 1.54) is 42.7 Å². The van der Waals surface area contributed by atoms with Crippen LogP contribution in [0.3, 0.4) is 0 Å². The first kappa shape index (κ1) is 27.9. The molecule has 1 N–H and O–H groups in total. The van der Waals surface area contributed by atoms with Crippen molar-refractivity contribution in [1.82, 2.24) is 19.9 Å². The molecule has 0 unspecified atom stereocenters. The van der Waals surface area contributed by atoms with Gasteiger partial charge in [-0.25, -0.2) is 9.97 Å². The number of fused-ring (bicyclic) bond motifs is 1. The van der Waals surface area contributed by atoms with Gasteiger partial charge < -0.3 is 19.4 Å². The van der Waals surface area contributed by atoms with E-state index in [2.05, 4.69) is 21.0 Å². The van der Waals surface area contributed by atoms with Crippen LogP contribution in [0.15, 0.2) is 54.5 Å². The summed E-state index contributed by atoms with van der Waals surface area (Å²) in [5.74, 6) is -0.969. The summed E-state index contributed by atoms with van der Waals surface area (Å²) >= 11 is 1.36. The fourth-order valence-electron chi connectivity index (χ4n) is 4.83. The molecule has 0 aliphatic carbocycles. The number of thiazole rings is 1. The molecule has 1 amide bonds. The van der Waals surface area contributed by atoms with Crippen LogP contribution >= 0.6 is 11.3 Å². The molecule has 0 spiro atoms. The Labute approximate surface area is 240 Å². The molecule has 0 radical (unpaired) electrons. The number of aromatic nitrogens is 3. The fourth-order valence-corrected chi connectivity index (χ4v) is 5.69. The summed E-state index contributed by atoms with van der Waals surface area (Å²) in [7, 11) is 1.48. The Hall–Kier alpha value is -4.66. The van der Waals surface area contributed by atoms with Gasteiger partial charge in [-0.05, 0) is 30.9 Å². The number of ketones is 2. The van der Waals surface area contributed by atoms with Gasteiger partial charge in [-0.3, -0.25) is 14.4 Å². The van der Waals surface area contributed by atoms with Crippen molar-refractivity contribution < 1.29 is 23.9 Å². The normalized spacial score (nSPS) is 13.2. The van der Waals surface area contributed by atoms with Gasteiger partial charge in [0.25, 0.3) is 11.7 Å². The van der Waals surface area contributed by atoms with Crippen molar-refractivity contribution in [2.75, 3.05) is 26.8 Å². The van der Waals surface area contributed by atoms with Crippen LogP contribution < -0.4 is 4.74 Å². The predicted molar refractivity (Wildman–Crippen MR) is 153 cm³/mol. The highest BCUT2D eigenvalue weighted by atomic mass is 32.1. The zero-order chi connectivity index (χ0) is 28.9. The smallest absolute Gasteiger partial charge is 0.295 e. The van der Waals surface area contributed by atoms with Crippen LogP contribution in [0.4, 0.5) is 0 Å². The first-order chi connectivity index (χ1) is 19.9. The molecule has 0 saturated carbocycles. The van der Waals surface area contributed by atoms with Gasteiger partial charge in [0.1, 0.15) is 23.1 Å². The first-order valence-corrected chi connectivity index (χ1v) is 13.8. The summed E-state index contributed by atoms with van der Waals surface area (Å²) in [4.78, 5) is 52.4. The number of piperidine rings is 1. The minimum absolute atomic E-state index is 0.0233. The third-order valence-electron chi connectivity index (χ3n) is 6.82. The zero-order valence-electron chi connectivity index (χ0n) is 22.6. The number of hydrogen-bond acceptors (Lipinski definition) is 9. The minimum atomic E-state index is -0.653. The molecule has 1 aromatic carbocycles. The maximum Gasteiger partial charge on any atom is 0.295 e. The molecule has 41 heavy (non-hydrogen) atoms. The van der Waals surface area contributed by atoms with E-state index in [1.54, 1.807) is 6.20 Å². The van der Waals surface area contributed by atoms with Crippen LogP contribution in [-0.4, -0.2) is 64.1 Å². The molecule has 0 bridgehead atoms. The van der Waals surface area contributed by atoms with Gasteiger partial charge in [-0.1, -0.05) is 30.3 Å². The second-order valence-electron chi connectivity index (χ2n) is 9.53. The number of pyridine rings is 1. The van der Waals surface area contributed by atoms with Gasteiger partial charge in [0.05, 0.1) is 52.9 Å². The molecular weight excluding hydrogens is 542 g/mol. The number of likely N-dealkylation sites (tertiary alicyclic amines) is 1. The highest BCUT2D eigenvalue weighted by molar-refractivity contribution is 7.15. The number of nitriles is 1. The highest BCUT2D eigenvalue weighted by Crippen LogP contribution is 2.36. The lowest BCUT2D eigenvalue weighted by molar-refractivity contribution is -0.126. The highest BCUT2D eigenvalue weighted by Gasteiger charge is 2.30. The lowest BCUT2D eigenvalue weighted by atomic mass is 9.93. The number of H-pyrrole nitrogens is 1. The molecule has 1 aliphatic rings. The number of methoxy groups -OCH3 is 1. The van der Waals surface area contributed by atoms with E-state index in [4.69, 9.17) is 9.47 Å². The predicted octanol–water partition coefficient (Wildman–Crippen LogP) is 4.58. The summed E-state index contributed by atoms with van der Waals surface area (Å²) in [6.07, 6.45) is 5.70. The van der Waals surface area contributed by atoms with Crippen LogP contribution in [0.25, 0.3) is 27.2 Å². The lowest BCUT2D eigenvalue weighted by Gasteiger charge is -2.28. The standard InChI is InChI=1S/C30H27N5O5S/c1-18(36)16-40-17-21-13-34-29(41-21)27-26-25(24(39-2)15-33-27)23(14-32-26)28(37)30(38)35-10-8-20(9-11-35)22(12-31)19-6-4-3-5-7-19/h3-7,13-15,32H,8-11,16-17H2,1-2H3. The number of benzene rings is 1. The Kier molecular flexibility index (Phi) is 8.33. The van der Waals surface area contributed by atoms with Crippen molar-refractivity contribution >= 4 is 45.3 Å². The molecule has 3 aromatic heterocycles. The van der Waals surface area contributed by atoms with Crippen molar-refractivity contribution in [2.24, 2.45) is 0 Å². The molecule has 5 rings (SSSR count). The lowest BCUT2D eigenvalue weighted by Crippen LogP contribution is -2.40. The molecule has 1 aliphatic heterocycles. The number of hydrogen-bond donors (Lipinski definition) is 1. The van der Waals surface area contributed by atoms with Gasteiger partial charge in [0.2, 0.25) is 0 Å². The molecule has 10 nitrogen and oxygen atoms in total. The Morgan fingerprint density at radius 2 is 1.88 bits per heavy atom. The van der Waals surface area contributed by atoms with Crippen LogP contribution in [-0.2, 0) is 20.9 Å². The van der Waals surface area contributed by atoms with E-state index in [0.29, 0.717) is 58.9 Å². The van der Waals surface area contributed by atoms with Crippen LogP contribution in [0.1, 0.15) is 40.6 Å². The molecule has 1 fully saturated rings. The number of ether oxygens (including phenoxy) is 2. The second kappa shape index (κ2) is 12.2.